The van der Waals surface area contributed by atoms with E-state index in [1.807, 2.05) is 13.0 Å². The molecule has 3 nitrogen and oxygen atoms in total. The van der Waals surface area contributed by atoms with Gasteiger partial charge in [0.2, 0.25) is 0 Å². The summed E-state index contributed by atoms with van der Waals surface area (Å²) < 4.78 is 0. The van der Waals surface area contributed by atoms with Gasteiger partial charge in [-0.2, -0.15) is 0 Å². The first-order valence-corrected chi connectivity index (χ1v) is 4.96. The summed E-state index contributed by atoms with van der Waals surface area (Å²) in [4.78, 5) is 0. The Morgan fingerprint density at radius 2 is 1.62 bits per heavy atom. The molecule has 0 aliphatic carbocycles. The summed E-state index contributed by atoms with van der Waals surface area (Å²) in [6.45, 7) is 1.89. The molecule has 0 bridgehead atoms. The Kier molecular flexibility index (Phi) is 2.44. The smallest absolute Gasteiger partial charge is 0.123 e. The largest absolute Gasteiger partial charge is 0.507 e. The van der Waals surface area contributed by atoms with Crippen molar-refractivity contribution in [1.82, 2.24) is 0 Å². The zero-order chi connectivity index (χ0) is 11.7. The molecule has 0 heterocycles. The number of hydrogen-bond donors (Lipinski definition) is 3. The standard InChI is InChI=1S/C13H13NO2/c1-8-2-4-10(13(16)6-8)11-7-9(14)3-5-12(11)15/h2-7,15-16H,14H2,1H3. The van der Waals surface area contributed by atoms with E-state index in [1.165, 1.54) is 6.07 Å². The predicted molar refractivity (Wildman–Crippen MR) is 64.4 cm³/mol. The summed E-state index contributed by atoms with van der Waals surface area (Å²) in [6, 6.07) is 10.1. The topological polar surface area (TPSA) is 66.5 Å². The van der Waals surface area contributed by atoms with Crippen molar-refractivity contribution in [2.75, 3.05) is 5.73 Å². The molecule has 0 unspecified atom stereocenters. The minimum Gasteiger partial charge on any atom is -0.507 e. The Morgan fingerprint density at radius 3 is 2.31 bits per heavy atom. The van der Waals surface area contributed by atoms with Gasteiger partial charge in [-0.25, -0.2) is 0 Å². The average Bonchev–Trinajstić information content (AvgIpc) is 2.22. The molecule has 16 heavy (non-hydrogen) atoms. The molecular weight excluding hydrogens is 202 g/mol. The Bertz CT molecular complexity index is 535. The number of nitrogen functional groups attached to an aromatic ring is 1. The number of benzene rings is 2. The number of hydrogen-bond acceptors (Lipinski definition) is 3. The van der Waals surface area contributed by atoms with Crippen LogP contribution in [0.1, 0.15) is 5.56 Å². The van der Waals surface area contributed by atoms with Crippen LogP contribution in [0.4, 0.5) is 5.69 Å². The van der Waals surface area contributed by atoms with Crippen molar-refractivity contribution in [3.05, 3.63) is 42.0 Å². The van der Waals surface area contributed by atoms with Gasteiger partial charge in [0.1, 0.15) is 11.5 Å². The molecule has 0 fully saturated rings. The van der Waals surface area contributed by atoms with E-state index in [0.29, 0.717) is 16.8 Å². The molecule has 3 heteroatoms. The highest BCUT2D eigenvalue weighted by Crippen LogP contribution is 2.36. The second kappa shape index (κ2) is 3.77. The third kappa shape index (κ3) is 1.80. The van der Waals surface area contributed by atoms with Crippen LogP contribution >= 0.6 is 0 Å². The van der Waals surface area contributed by atoms with Gasteiger partial charge in [0, 0.05) is 16.8 Å². The summed E-state index contributed by atoms with van der Waals surface area (Å²) in [6.07, 6.45) is 0. The van der Waals surface area contributed by atoms with Crippen LogP contribution in [0.5, 0.6) is 11.5 Å². The number of aromatic hydroxyl groups is 2. The van der Waals surface area contributed by atoms with Gasteiger partial charge in [0.25, 0.3) is 0 Å². The second-order valence-corrected chi connectivity index (χ2v) is 3.80. The van der Waals surface area contributed by atoms with Crippen molar-refractivity contribution in [1.29, 1.82) is 0 Å². The summed E-state index contributed by atoms with van der Waals surface area (Å²) >= 11 is 0. The molecule has 0 radical (unpaired) electrons. The van der Waals surface area contributed by atoms with Crippen molar-refractivity contribution in [3.63, 3.8) is 0 Å². The third-order valence-electron chi connectivity index (χ3n) is 2.46. The van der Waals surface area contributed by atoms with Gasteiger partial charge >= 0.3 is 0 Å². The first-order chi connectivity index (χ1) is 7.58. The molecule has 0 saturated heterocycles. The predicted octanol–water partition coefficient (Wildman–Crippen LogP) is 2.66. The highest BCUT2D eigenvalue weighted by molar-refractivity contribution is 5.78. The maximum Gasteiger partial charge on any atom is 0.123 e. The number of anilines is 1. The van der Waals surface area contributed by atoms with Gasteiger partial charge in [-0.15, -0.1) is 0 Å². The van der Waals surface area contributed by atoms with Gasteiger partial charge in [0.15, 0.2) is 0 Å². The van der Waals surface area contributed by atoms with Crippen LogP contribution in [0.2, 0.25) is 0 Å². The Morgan fingerprint density at radius 1 is 0.875 bits per heavy atom. The molecule has 4 N–H and O–H groups in total. The van der Waals surface area contributed by atoms with E-state index in [2.05, 4.69) is 0 Å². The lowest BCUT2D eigenvalue weighted by Crippen LogP contribution is -1.87. The summed E-state index contributed by atoms with van der Waals surface area (Å²) in [5.41, 5.74) is 8.28. The van der Waals surface area contributed by atoms with E-state index in [4.69, 9.17) is 5.73 Å². The van der Waals surface area contributed by atoms with Crippen molar-refractivity contribution in [2.24, 2.45) is 0 Å². The van der Waals surface area contributed by atoms with Gasteiger partial charge in [0.05, 0.1) is 0 Å². The molecule has 2 aromatic rings. The molecular formula is C13H13NO2. The molecule has 0 spiro atoms. The average molecular weight is 215 g/mol. The minimum atomic E-state index is 0.105. The molecule has 0 saturated carbocycles. The second-order valence-electron chi connectivity index (χ2n) is 3.80. The van der Waals surface area contributed by atoms with Gasteiger partial charge in [-0.1, -0.05) is 12.1 Å². The Balaban J connectivity index is 2.62. The van der Waals surface area contributed by atoms with E-state index in [0.717, 1.165) is 5.56 Å². The van der Waals surface area contributed by atoms with E-state index in [1.54, 1.807) is 24.3 Å². The highest BCUT2D eigenvalue weighted by Gasteiger charge is 2.09. The van der Waals surface area contributed by atoms with E-state index >= 15 is 0 Å². The lowest BCUT2D eigenvalue weighted by Gasteiger charge is -2.08. The van der Waals surface area contributed by atoms with Gasteiger partial charge < -0.3 is 15.9 Å². The maximum atomic E-state index is 9.81. The monoisotopic (exact) mass is 215 g/mol. The van der Waals surface area contributed by atoms with Gasteiger partial charge in [-0.3, -0.25) is 0 Å². The molecule has 0 aliphatic rings. The quantitative estimate of drug-likeness (QED) is 0.506. The Hall–Kier alpha value is -2.16. The van der Waals surface area contributed by atoms with Crippen LogP contribution in [0.3, 0.4) is 0 Å². The lowest BCUT2D eigenvalue weighted by molar-refractivity contribution is 0.469. The van der Waals surface area contributed by atoms with Gasteiger partial charge in [-0.05, 0) is 36.8 Å². The fourth-order valence-corrected chi connectivity index (χ4v) is 1.64. The molecule has 0 aliphatic heterocycles. The van der Waals surface area contributed by atoms with E-state index in [-0.39, 0.29) is 11.5 Å². The van der Waals surface area contributed by atoms with Crippen LogP contribution in [0, 0.1) is 6.92 Å². The highest BCUT2D eigenvalue weighted by atomic mass is 16.3. The number of nitrogens with two attached hydrogens (primary N) is 1. The van der Waals surface area contributed by atoms with E-state index < -0.39 is 0 Å². The third-order valence-corrected chi connectivity index (χ3v) is 2.46. The first kappa shape index (κ1) is 10.4. The van der Waals surface area contributed by atoms with Crippen LogP contribution in [0.25, 0.3) is 11.1 Å². The molecule has 2 rings (SSSR count). The zero-order valence-electron chi connectivity index (χ0n) is 8.94. The van der Waals surface area contributed by atoms with Crippen molar-refractivity contribution in [3.8, 4) is 22.6 Å². The van der Waals surface area contributed by atoms with Crippen molar-refractivity contribution in [2.45, 2.75) is 6.92 Å². The molecule has 0 amide bonds. The van der Waals surface area contributed by atoms with Crippen molar-refractivity contribution >= 4 is 5.69 Å². The number of rotatable bonds is 1. The molecule has 0 atom stereocenters. The number of aryl methyl sites for hydroxylation is 1. The first-order valence-electron chi connectivity index (χ1n) is 4.96. The number of phenols is 2. The zero-order valence-corrected chi connectivity index (χ0v) is 8.94. The molecule has 82 valence electrons. The fraction of sp³-hybridized carbons (Fsp3) is 0.0769. The summed E-state index contributed by atoms with van der Waals surface area (Å²) in [5, 5.41) is 19.5. The summed E-state index contributed by atoms with van der Waals surface area (Å²) in [5.74, 6) is 0.245. The Labute approximate surface area is 93.8 Å². The van der Waals surface area contributed by atoms with Crippen LogP contribution in [-0.4, -0.2) is 10.2 Å². The minimum absolute atomic E-state index is 0.105. The maximum absolute atomic E-state index is 9.81. The van der Waals surface area contributed by atoms with E-state index in [9.17, 15) is 10.2 Å². The summed E-state index contributed by atoms with van der Waals surface area (Å²) in [7, 11) is 0. The van der Waals surface area contributed by atoms with Crippen LogP contribution in [0.15, 0.2) is 36.4 Å². The normalized spacial score (nSPS) is 10.3. The number of phenolic OH excluding ortho intramolecular Hbond substituents is 2. The van der Waals surface area contributed by atoms with Crippen molar-refractivity contribution < 1.29 is 10.2 Å². The molecule has 0 aromatic heterocycles. The molecule has 2 aromatic carbocycles. The fourth-order valence-electron chi connectivity index (χ4n) is 1.64. The van der Waals surface area contributed by atoms with Crippen LogP contribution < -0.4 is 5.73 Å². The lowest BCUT2D eigenvalue weighted by atomic mass is 10.0. The SMILES string of the molecule is Cc1ccc(-c2cc(N)ccc2O)c(O)c1. The van der Waals surface area contributed by atoms with Crippen LogP contribution in [-0.2, 0) is 0 Å².